The molecule has 1 saturated heterocycles. The van der Waals surface area contributed by atoms with Crippen LogP contribution in [0.3, 0.4) is 0 Å². The van der Waals surface area contributed by atoms with E-state index in [1.807, 2.05) is 6.92 Å². The van der Waals surface area contributed by atoms with Crippen molar-refractivity contribution in [2.75, 3.05) is 18.0 Å². The van der Waals surface area contributed by atoms with Crippen LogP contribution in [0.1, 0.15) is 27.7 Å². The number of benzene rings is 1. The fourth-order valence-electron chi connectivity index (χ4n) is 4.88. The highest BCUT2D eigenvalue weighted by Crippen LogP contribution is 2.36. The van der Waals surface area contributed by atoms with Crippen LogP contribution >= 0.6 is 0 Å². The van der Waals surface area contributed by atoms with Crippen LogP contribution in [0.15, 0.2) is 47.8 Å². The molecule has 1 aliphatic heterocycles. The third-order valence-electron chi connectivity index (χ3n) is 7.03. The largest absolute Gasteiger partial charge is 0.507 e. The van der Waals surface area contributed by atoms with Gasteiger partial charge in [0.15, 0.2) is 11.5 Å². The van der Waals surface area contributed by atoms with Crippen molar-refractivity contribution in [3.63, 3.8) is 0 Å². The maximum absolute atomic E-state index is 15.7. The number of rotatable bonds is 6. The first-order valence-electron chi connectivity index (χ1n) is 12.9. The molecular weight excluding hydrogens is 532 g/mol. The van der Waals surface area contributed by atoms with Crippen LogP contribution in [0.25, 0.3) is 28.0 Å². The van der Waals surface area contributed by atoms with Crippen molar-refractivity contribution >= 4 is 34.2 Å². The zero-order valence-electron chi connectivity index (χ0n) is 23.0. The summed E-state index contributed by atoms with van der Waals surface area (Å²) in [6.07, 6.45) is 2.28. The number of nitriles is 1. The van der Waals surface area contributed by atoms with Gasteiger partial charge in [-0.2, -0.15) is 10.2 Å². The first-order chi connectivity index (χ1) is 19.4. The molecule has 0 bridgehead atoms. The van der Waals surface area contributed by atoms with Crippen molar-refractivity contribution in [2.24, 2.45) is 5.92 Å². The molecule has 0 spiro atoms. The summed E-state index contributed by atoms with van der Waals surface area (Å²) in [6.45, 7) is 11.4. The summed E-state index contributed by atoms with van der Waals surface area (Å²) in [5, 5.41) is 27.7. The lowest BCUT2D eigenvalue weighted by molar-refractivity contribution is -0.128. The minimum atomic E-state index is -0.966. The summed E-state index contributed by atoms with van der Waals surface area (Å²) in [6, 6.07) is 5.62. The summed E-state index contributed by atoms with van der Waals surface area (Å²) < 4.78 is 31.4. The van der Waals surface area contributed by atoms with Crippen LogP contribution in [0.2, 0.25) is 0 Å². The summed E-state index contributed by atoms with van der Waals surface area (Å²) in [4.78, 5) is 38.0. The van der Waals surface area contributed by atoms with Gasteiger partial charge in [0, 0.05) is 37.3 Å². The van der Waals surface area contributed by atoms with E-state index < -0.39 is 34.3 Å². The van der Waals surface area contributed by atoms with E-state index in [9.17, 15) is 19.1 Å². The van der Waals surface area contributed by atoms with Crippen molar-refractivity contribution in [1.82, 2.24) is 19.4 Å². The number of hydrogen-bond donors (Lipinski definition) is 2. The van der Waals surface area contributed by atoms with Crippen LogP contribution in [0.5, 0.6) is 5.75 Å². The van der Waals surface area contributed by atoms with Gasteiger partial charge in [0.05, 0.1) is 28.4 Å². The fraction of sp³-hybridized carbons (Fsp3) is 0.310. The lowest BCUT2D eigenvalue weighted by Crippen LogP contribution is -2.58. The van der Waals surface area contributed by atoms with Crippen LogP contribution in [-0.2, 0) is 4.79 Å². The number of carbonyl (C=O) groups is 1. The topological polar surface area (TPSA) is 139 Å². The molecule has 2 atom stereocenters. The molecule has 4 rings (SSSR count). The molecule has 0 saturated carbocycles. The molecular formula is C29H29F2N7O3. The number of phenolic OH excluding ortho intramolecular Hbond substituents is 1. The number of carbonyl (C=O) groups excluding carboxylic acids is 1. The van der Waals surface area contributed by atoms with Gasteiger partial charge in [-0.3, -0.25) is 4.79 Å². The van der Waals surface area contributed by atoms with Crippen molar-refractivity contribution in [1.29, 1.82) is 10.7 Å². The number of piperazine rings is 1. The number of aromatic hydroxyl groups is 1. The molecule has 3 heterocycles. The van der Waals surface area contributed by atoms with Gasteiger partial charge in [-0.05, 0) is 38.0 Å². The molecule has 1 fully saturated rings. The predicted molar refractivity (Wildman–Crippen MR) is 151 cm³/mol. The van der Waals surface area contributed by atoms with Crippen molar-refractivity contribution in [3.8, 4) is 23.1 Å². The molecule has 1 aliphatic rings. The number of hydrogen-bond acceptors (Lipinski definition) is 8. The predicted octanol–water partition coefficient (Wildman–Crippen LogP) is 4.09. The van der Waals surface area contributed by atoms with Crippen LogP contribution in [-0.4, -0.2) is 61.3 Å². The SMILES string of the molecule is C=C(C(=N)C(C)C)n1c(=O)nc(N2C[C@@H](C)N(C(=O)/C=C/C#N)C[C@@H]2C)c2cc(F)c(-c3c(O)cccc3F)nc21. The summed E-state index contributed by atoms with van der Waals surface area (Å²) >= 11 is 0. The third-order valence-corrected chi connectivity index (χ3v) is 7.03. The number of aromatic nitrogens is 3. The van der Waals surface area contributed by atoms with E-state index in [4.69, 9.17) is 10.7 Å². The normalized spacial score (nSPS) is 17.3. The molecule has 10 nitrogen and oxygen atoms in total. The summed E-state index contributed by atoms with van der Waals surface area (Å²) in [7, 11) is 0. The maximum atomic E-state index is 15.7. The van der Waals surface area contributed by atoms with E-state index >= 15 is 4.39 Å². The van der Waals surface area contributed by atoms with Gasteiger partial charge in [-0.15, -0.1) is 0 Å². The van der Waals surface area contributed by atoms with E-state index in [2.05, 4.69) is 16.5 Å². The van der Waals surface area contributed by atoms with E-state index in [0.29, 0.717) is 0 Å². The molecule has 1 aromatic carbocycles. The lowest BCUT2D eigenvalue weighted by atomic mass is 10.0. The van der Waals surface area contributed by atoms with Crippen LogP contribution < -0.4 is 10.6 Å². The first kappa shape index (κ1) is 29.1. The molecule has 0 aliphatic carbocycles. The second kappa shape index (κ2) is 11.3. The molecule has 2 aromatic heterocycles. The quantitative estimate of drug-likeness (QED) is 0.262. The second-order valence-electron chi connectivity index (χ2n) is 10.2. The van der Waals surface area contributed by atoms with Gasteiger partial charge in [-0.1, -0.05) is 26.5 Å². The Hall–Kier alpha value is -4.92. The monoisotopic (exact) mass is 561 g/mol. The Morgan fingerprint density at radius 1 is 1.22 bits per heavy atom. The van der Waals surface area contributed by atoms with Crippen LogP contribution in [0, 0.1) is 34.3 Å². The Morgan fingerprint density at radius 2 is 1.93 bits per heavy atom. The number of halogens is 2. The third kappa shape index (κ3) is 5.30. The second-order valence-corrected chi connectivity index (χ2v) is 10.2. The number of anilines is 1. The smallest absolute Gasteiger partial charge is 0.355 e. The number of phenols is 1. The van der Waals surface area contributed by atoms with Gasteiger partial charge in [-0.25, -0.2) is 23.1 Å². The average Bonchev–Trinajstić information content (AvgIpc) is 2.92. The molecule has 3 aromatic rings. The first-order valence-corrected chi connectivity index (χ1v) is 12.9. The summed E-state index contributed by atoms with van der Waals surface area (Å²) in [5.41, 5.74) is -1.97. The maximum Gasteiger partial charge on any atom is 0.355 e. The number of allylic oxidation sites excluding steroid dienone is 2. The Kier molecular flexibility index (Phi) is 8.00. The molecule has 41 heavy (non-hydrogen) atoms. The van der Waals surface area contributed by atoms with Crippen molar-refractivity contribution in [3.05, 3.63) is 65.1 Å². The van der Waals surface area contributed by atoms with E-state index in [1.165, 1.54) is 18.2 Å². The molecule has 2 N–H and O–H groups in total. The zero-order chi connectivity index (χ0) is 30.2. The van der Waals surface area contributed by atoms with Gasteiger partial charge >= 0.3 is 5.69 Å². The van der Waals surface area contributed by atoms with Gasteiger partial charge in [0.25, 0.3) is 0 Å². The number of fused-ring (bicyclic) bond motifs is 1. The summed E-state index contributed by atoms with van der Waals surface area (Å²) in [5.74, 6) is -2.99. The Bertz CT molecular complexity index is 1690. The van der Waals surface area contributed by atoms with Gasteiger partial charge in [0.2, 0.25) is 5.91 Å². The minimum absolute atomic E-state index is 0.0175. The fourth-order valence-corrected chi connectivity index (χ4v) is 4.88. The van der Waals surface area contributed by atoms with Gasteiger partial charge < -0.3 is 20.3 Å². The lowest BCUT2D eigenvalue weighted by Gasteiger charge is -2.44. The molecule has 0 radical (unpaired) electrons. The molecule has 12 heteroatoms. The van der Waals surface area contributed by atoms with Crippen LogP contribution in [0.4, 0.5) is 14.6 Å². The Morgan fingerprint density at radius 3 is 2.56 bits per heavy atom. The van der Waals surface area contributed by atoms with E-state index in [1.54, 1.807) is 36.6 Å². The average molecular weight is 562 g/mol. The number of nitrogens with one attached hydrogen (secondary N) is 1. The zero-order valence-corrected chi connectivity index (χ0v) is 23.0. The Balaban J connectivity index is 1.96. The molecule has 1 amide bonds. The van der Waals surface area contributed by atoms with E-state index in [-0.39, 0.29) is 65.3 Å². The van der Waals surface area contributed by atoms with Gasteiger partial charge in [0.1, 0.15) is 23.1 Å². The number of pyridine rings is 1. The standard InChI is InChI=1S/C29H29F2N7O3/c1-15(2)25(33)18(5)38-28-19(12-21(31)26(34-28)24-20(30)8-6-9-22(24)39)27(35-29(38)41)37-14-16(3)36(13-17(37)4)23(40)10-7-11-32/h6-10,12,15-17,33,39H,5,13-14H2,1-4H3/b10-7+,33-25?/t16-,17+/m1/s1. The molecule has 0 unspecified atom stereocenters. The molecule has 212 valence electrons. The minimum Gasteiger partial charge on any atom is -0.507 e. The Labute approximate surface area is 235 Å². The highest BCUT2D eigenvalue weighted by atomic mass is 19.1. The number of amides is 1. The highest BCUT2D eigenvalue weighted by Gasteiger charge is 2.34. The highest BCUT2D eigenvalue weighted by molar-refractivity contribution is 6.18. The van der Waals surface area contributed by atoms with Crippen molar-refractivity contribution in [2.45, 2.75) is 39.8 Å². The van der Waals surface area contributed by atoms with E-state index in [0.717, 1.165) is 22.8 Å². The van der Waals surface area contributed by atoms with Crippen molar-refractivity contribution < 1.29 is 18.7 Å². The number of nitrogens with zero attached hydrogens (tertiary/aromatic N) is 6.